The summed E-state index contributed by atoms with van der Waals surface area (Å²) in [5.74, 6) is 0.673. The topological polar surface area (TPSA) is 67.5 Å². The van der Waals surface area contributed by atoms with Gasteiger partial charge in [-0.2, -0.15) is 0 Å². The van der Waals surface area contributed by atoms with Gasteiger partial charge in [-0.1, -0.05) is 6.07 Å². The van der Waals surface area contributed by atoms with Crippen molar-refractivity contribution in [2.75, 3.05) is 26.3 Å². The van der Waals surface area contributed by atoms with Crippen molar-refractivity contribution in [1.29, 1.82) is 0 Å². The fourth-order valence-electron chi connectivity index (χ4n) is 2.88. The molecular formula is C19H19N3O3. The van der Waals surface area contributed by atoms with Crippen LogP contribution in [0.4, 0.5) is 0 Å². The molecule has 0 saturated carbocycles. The molecule has 0 aliphatic carbocycles. The van der Waals surface area contributed by atoms with Gasteiger partial charge in [-0.05, 0) is 36.4 Å². The molecular weight excluding hydrogens is 318 g/mol. The molecule has 0 bridgehead atoms. The van der Waals surface area contributed by atoms with E-state index in [0.717, 1.165) is 16.7 Å². The van der Waals surface area contributed by atoms with E-state index >= 15 is 0 Å². The zero-order valence-electron chi connectivity index (χ0n) is 13.8. The molecule has 0 unspecified atom stereocenters. The van der Waals surface area contributed by atoms with Crippen molar-refractivity contribution in [3.05, 3.63) is 59.9 Å². The minimum atomic E-state index is 0.0136. The van der Waals surface area contributed by atoms with Crippen molar-refractivity contribution in [1.82, 2.24) is 14.9 Å². The predicted octanol–water partition coefficient (Wildman–Crippen LogP) is 2.61. The van der Waals surface area contributed by atoms with E-state index in [0.29, 0.717) is 44.2 Å². The number of carbonyl (C=O) groups is 1. The number of fused-ring (bicyclic) bond motifs is 1. The molecule has 1 aromatic carbocycles. The molecule has 0 atom stereocenters. The molecule has 1 saturated heterocycles. The van der Waals surface area contributed by atoms with Crippen LogP contribution in [0, 0.1) is 0 Å². The van der Waals surface area contributed by atoms with Crippen LogP contribution in [-0.4, -0.2) is 47.1 Å². The molecule has 3 heterocycles. The van der Waals surface area contributed by atoms with Gasteiger partial charge in [0.2, 0.25) is 0 Å². The van der Waals surface area contributed by atoms with Crippen molar-refractivity contribution in [3.63, 3.8) is 0 Å². The van der Waals surface area contributed by atoms with Crippen molar-refractivity contribution in [3.8, 4) is 5.75 Å². The Morgan fingerprint density at radius 3 is 2.96 bits per heavy atom. The summed E-state index contributed by atoms with van der Waals surface area (Å²) in [7, 11) is 0. The summed E-state index contributed by atoms with van der Waals surface area (Å²) in [6.45, 7) is 2.79. The van der Waals surface area contributed by atoms with E-state index in [1.807, 2.05) is 47.5 Å². The molecule has 128 valence electrons. The van der Waals surface area contributed by atoms with Gasteiger partial charge in [0.25, 0.3) is 5.91 Å². The first-order valence-corrected chi connectivity index (χ1v) is 8.32. The highest BCUT2D eigenvalue weighted by Gasteiger charge is 2.18. The second-order valence-electron chi connectivity index (χ2n) is 5.94. The van der Waals surface area contributed by atoms with Gasteiger partial charge < -0.3 is 19.4 Å². The lowest BCUT2D eigenvalue weighted by molar-refractivity contribution is 0.0302. The summed E-state index contributed by atoms with van der Waals surface area (Å²) in [4.78, 5) is 22.0. The van der Waals surface area contributed by atoms with Crippen LogP contribution in [0.5, 0.6) is 5.75 Å². The number of aromatic amines is 1. The smallest absolute Gasteiger partial charge is 0.254 e. The number of hydrogen-bond acceptors (Lipinski definition) is 4. The van der Waals surface area contributed by atoms with Crippen molar-refractivity contribution >= 4 is 16.9 Å². The first-order valence-electron chi connectivity index (χ1n) is 8.32. The molecule has 1 aliphatic rings. The SMILES string of the molecule is O=C(c1cccc(OCc2ccc3cc[nH]c3n2)c1)N1CCOCC1. The maximum absolute atomic E-state index is 12.5. The third kappa shape index (κ3) is 3.49. The molecule has 6 nitrogen and oxygen atoms in total. The highest BCUT2D eigenvalue weighted by molar-refractivity contribution is 5.94. The predicted molar refractivity (Wildman–Crippen MR) is 93.6 cm³/mol. The van der Waals surface area contributed by atoms with E-state index in [1.54, 1.807) is 6.07 Å². The normalized spacial score (nSPS) is 14.6. The summed E-state index contributed by atoms with van der Waals surface area (Å²) in [5.41, 5.74) is 2.31. The largest absolute Gasteiger partial charge is 0.487 e. The van der Waals surface area contributed by atoms with Gasteiger partial charge in [0.15, 0.2) is 0 Å². The number of pyridine rings is 1. The average molecular weight is 337 g/mol. The lowest BCUT2D eigenvalue weighted by Gasteiger charge is -2.27. The molecule has 2 aromatic heterocycles. The Bertz CT molecular complexity index is 884. The molecule has 1 aliphatic heterocycles. The van der Waals surface area contributed by atoms with Gasteiger partial charge in [-0.3, -0.25) is 4.79 Å². The highest BCUT2D eigenvalue weighted by Crippen LogP contribution is 2.18. The fourth-order valence-corrected chi connectivity index (χ4v) is 2.88. The second kappa shape index (κ2) is 6.94. The van der Waals surface area contributed by atoms with Crippen LogP contribution in [0.25, 0.3) is 11.0 Å². The summed E-state index contributed by atoms with van der Waals surface area (Å²) in [6, 6.07) is 13.2. The van der Waals surface area contributed by atoms with Gasteiger partial charge in [-0.25, -0.2) is 4.98 Å². The Hall–Kier alpha value is -2.86. The first-order chi connectivity index (χ1) is 12.3. The van der Waals surface area contributed by atoms with Gasteiger partial charge in [0.1, 0.15) is 18.0 Å². The zero-order chi connectivity index (χ0) is 17.1. The number of morpholine rings is 1. The third-order valence-corrected chi connectivity index (χ3v) is 4.23. The Morgan fingerprint density at radius 2 is 2.08 bits per heavy atom. The Morgan fingerprint density at radius 1 is 1.20 bits per heavy atom. The molecule has 4 rings (SSSR count). The molecule has 1 amide bonds. The maximum Gasteiger partial charge on any atom is 0.254 e. The number of hydrogen-bond donors (Lipinski definition) is 1. The molecule has 0 radical (unpaired) electrons. The van der Waals surface area contributed by atoms with E-state index < -0.39 is 0 Å². The third-order valence-electron chi connectivity index (χ3n) is 4.23. The number of carbonyl (C=O) groups excluding carboxylic acids is 1. The number of nitrogens with zero attached hydrogens (tertiary/aromatic N) is 2. The van der Waals surface area contributed by atoms with Gasteiger partial charge in [0, 0.05) is 30.2 Å². The summed E-state index contributed by atoms with van der Waals surface area (Å²) < 4.78 is 11.1. The number of amides is 1. The van der Waals surface area contributed by atoms with E-state index in [9.17, 15) is 4.79 Å². The minimum Gasteiger partial charge on any atom is -0.487 e. The number of benzene rings is 1. The zero-order valence-corrected chi connectivity index (χ0v) is 13.8. The summed E-state index contributed by atoms with van der Waals surface area (Å²) >= 11 is 0. The molecule has 3 aromatic rings. The van der Waals surface area contributed by atoms with Crippen molar-refractivity contribution < 1.29 is 14.3 Å². The monoisotopic (exact) mass is 337 g/mol. The molecule has 1 N–H and O–H groups in total. The fraction of sp³-hybridized carbons (Fsp3) is 0.263. The van der Waals surface area contributed by atoms with Crippen LogP contribution in [-0.2, 0) is 11.3 Å². The first kappa shape index (κ1) is 15.7. The lowest BCUT2D eigenvalue weighted by atomic mass is 10.2. The number of H-pyrrole nitrogens is 1. The number of rotatable bonds is 4. The van der Waals surface area contributed by atoms with Gasteiger partial charge >= 0.3 is 0 Å². The van der Waals surface area contributed by atoms with E-state index in [4.69, 9.17) is 9.47 Å². The van der Waals surface area contributed by atoms with E-state index in [-0.39, 0.29) is 5.91 Å². The number of ether oxygens (including phenoxy) is 2. The van der Waals surface area contributed by atoms with Crippen molar-refractivity contribution in [2.24, 2.45) is 0 Å². The Kier molecular flexibility index (Phi) is 4.35. The highest BCUT2D eigenvalue weighted by atomic mass is 16.5. The second-order valence-corrected chi connectivity index (χ2v) is 5.94. The molecule has 1 fully saturated rings. The van der Waals surface area contributed by atoms with Crippen LogP contribution in [0.1, 0.15) is 16.1 Å². The summed E-state index contributed by atoms with van der Waals surface area (Å²) in [5, 5.41) is 1.07. The lowest BCUT2D eigenvalue weighted by Crippen LogP contribution is -2.40. The van der Waals surface area contributed by atoms with Crippen LogP contribution < -0.4 is 4.74 Å². The van der Waals surface area contributed by atoms with E-state index in [2.05, 4.69) is 9.97 Å². The standard InChI is InChI=1S/C19H19N3O3/c23-19(22-8-10-24-11-9-22)15-2-1-3-17(12-15)25-13-16-5-4-14-6-7-20-18(14)21-16/h1-7,12H,8-11,13H2,(H,20,21). The maximum atomic E-state index is 12.5. The van der Waals surface area contributed by atoms with Crippen LogP contribution in [0.15, 0.2) is 48.7 Å². The Balaban J connectivity index is 1.44. The van der Waals surface area contributed by atoms with E-state index in [1.165, 1.54) is 0 Å². The molecule has 0 spiro atoms. The Labute approximate surface area is 145 Å². The average Bonchev–Trinajstić information content (AvgIpc) is 3.14. The van der Waals surface area contributed by atoms with Crippen LogP contribution in [0.2, 0.25) is 0 Å². The number of aromatic nitrogens is 2. The molecule has 6 heteroatoms. The molecule has 25 heavy (non-hydrogen) atoms. The quantitative estimate of drug-likeness (QED) is 0.795. The summed E-state index contributed by atoms with van der Waals surface area (Å²) in [6.07, 6.45) is 1.86. The van der Waals surface area contributed by atoms with Gasteiger partial charge in [0.05, 0.1) is 18.9 Å². The van der Waals surface area contributed by atoms with Crippen molar-refractivity contribution in [2.45, 2.75) is 6.61 Å². The van der Waals surface area contributed by atoms with Crippen LogP contribution >= 0.6 is 0 Å². The van der Waals surface area contributed by atoms with Gasteiger partial charge in [-0.15, -0.1) is 0 Å². The number of nitrogens with one attached hydrogen (secondary N) is 1. The minimum absolute atomic E-state index is 0.0136. The van der Waals surface area contributed by atoms with Crippen LogP contribution in [0.3, 0.4) is 0 Å².